The number of nitrogens with zero attached hydrogens (tertiary/aromatic N) is 6. The van der Waals surface area contributed by atoms with Gasteiger partial charge in [-0.25, -0.2) is 4.98 Å². The van der Waals surface area contributed by atoms with Gasteiger partial charge in [-0.2, -0.15) is 18.3 Å². The van der Waals surface area contributed by atoms with Gasteiger partial charge < -0.3 is 15.5 Å². The molecule has 3 aromatic rings. The van der Waals surface area contributed by atoms with Crippen LogP contribution in [0.1, 0.15) is 40.5 Å². The van der Waals surface area contributed by atoms with Gasteiger partial charge in [-0.15, -0.1) is 0 Å². The lowest BCUT2D eigenvalue weighted by Crippen LogP contribution is -2.48. The van der Waals surface area contributed by atoms with Crippen molar-refractivity contribution in [2.75, 3.05) is 25.4 Å². The Morgan fingerprint density at radius 3 is 2.63 bits per heavy atom. The van der Waals surface area contributed by atoms with Crippen molar-refractivity contribution in [1.82, 2.24) is 29.5 Å². The summed E-state index contributed by atoms with van der Waals surface area (Å²) in [5.41, 5.74) is 8.15. The summed E-state index contributed by atoms with van der Waals surface area (Å²) in [5.74, 6) is -0.614. The maximum atomic E-state index is 13.4. The number of aromatic nitrogens is 4. The van der Waals surface area contributed by atoms with E-state index in [4.69, 9.17) is 5.73 Å². The average Bonchev–Trinajstić information content (AvgIpc) is 3.39. The molecular weight excluding hydrogens is 463 g/mol. The van der Waals surface area contributed by atoms with Crippen molar-refractivity contribution in [2.45, 2.75) is 44.4 Å². The topological polar surface area (TPSA) is 110 Å². The van der Waals surface area contributed by atoms with Crippen LogP contribution in [0.3, 0.4) is 0 Å². The molecule has 2 amide bonds. The number of hydrogen-bond donors (Lipinski definition) is 1. The highest BCUT2D eigenvalue weighted by Gasteiger charge is 2.47. The third kappa shape index (κ3) is 4.17. The quantitative estimate of drug-likeness (QED) is 0.606. The summed E-state index contributed by atoms with van der Waals surface area (Å²) in [6.45, 7) is 2.43. The van der Waals surface area contributed by atoms with Gasteiger partial charge in [0.15, 0.2) is 0 Å². The van der Waals surface area contributed by atoms with E-state index in [1.807, 2.05) is 6.92 Å². The molecule has 2 aliphatic rings. The fraction of sp³-hybridized carbons (Fsp3) is 0.435. The Bertz CT molecular complexity index is 1300. The Kier molecular flexibility index (Phi) is 5.60. The van der Waals surface area contributed by atoms with Gasteiger partial charge in [0.25, 0.3) is 5.91 Å². The summed E-state index contributed by atoms with van der Waals surface area (Å²) in [6, 6.07) is 3.07. The number of carbonyl (C=O) groups is 2. The van der Waals surface area contributed by atoms with Gasteiger partial charge in [0.2, 0.25) is 5.91 Å². The van der Waals surface area contributed by atoms with E-state index in [-0.39, 0.29) is 37.2 Å². The van der Waals surface area contributed by atoms with Crippen LogP contribution in [0.4, 0.5) is 19.0 Å². The van der Waals surface area contributed by atoms with Crippen molar-refractivity contribution < 1.29 is 22.8 Å². The van der Waals surface area contributed by atoms with E-state index in [1.54, 1.807) is 23.2 Å². The van der Waals surface area contributed by atoms with Crippen molar-refractivity contribution in [3.05, 3.63) is 47.5 Å². The molecule has 1 atom stereocenters. The van der Waals surface area contributed by atoms with Gasteiger partial charge in [-0.3, -0.25) is 19.3 Å². The van der Waals surface area contributed by atoms with Crippen molar-refractivity contribution in [1.29, 1.82) is 0 Å². The van der Waals surface area contributed by atoms with Gasteiger partial charge in [-0.05, 0) is 38.0 Å². The number of rotatable bonds is 4. The van der Waals surface area contributed by atoms with E-state index in [9.17, 15) is 22.8 Å². The van der Waals surface area contributed by atoms with Crippen molar-refractivity contribution >= 4 is 28.5 Å². The van der Waals surface area contributed by atoms with Crippen LogP contribution in [0.25, 0.3) is 10.9 Å². The Labute approximate surface area is 198 Å². The van der Waals surface area contributed by atoms with Crippen molar-refractivity contribution in [3.8, 4) is 0 Å². The maximum absolute atomic E-state index is 13.4. The molecule has 2 fully saturated rings. The fourth-order valence-corrected chi connectivity index (χ4v) is 4.93. The second-order valence-corrected chi connectivity index (χ2v) is 9.00. The van der Waals surface area contributed by atoms with Crippen LogP contribution in [0.2, 0.25) is 0 Å². The number of carbonyl (C=O) groups excluding carboxylic acids is 2. The third-order valence-electron chi connectivity index (χ3n) is 6.70. The fourth-order valence-electron chi connectivity index (χ4n) is 4.93. The Hall–Kier alpha value is -3.70. The molecule has 5 rings (SSSR count). The van der Waals surface area contributed by atoms with E-state index < -0.39 is 18.1 Å². The maximum Gasteiger partial charge on any atom is 0.408 e. The molecule has 0 aromatic carbocycles. The first-order valence-corrected chi connectivity index (χ1v) is 11.3. The van der Waals surface area contributed by atoms with Crippen LogP contribution in [0.5, 0.6) is 0 Å². The zero-order valence-electron chi connectivity index (χ0n) is 19.0. The molecule has 0 radical (unpaired) electrons. The van der Waals surface area contributed by atoms with Gasteiger partial charge in [-0.1, -0.05) is 0 Å². The molecule has 12 heteroatoms. The summed E-state index contributed by atoms with van der Waals surface area (Å²) in [6.07, 6.45) is -1.16. The highest BCUT2D eigenvalue weighted by Crippen LogP contribution is 2.35. The van der Waals surface area contributed by atoms with Gasteiger partial charge in [0.05, 0.1) is 11.2 Å². The number of hydrogen-bond acceptors (Lipinski definition) is 6. The number of fused-ring (bicyclic) bond motifs is 1. The minimum atomic E-state index is -4.45. The molecule has 3 aromatic heterocycles. The van der Waals surface area contributed by atoms with Crippen molar-refractivity contribution in [3.63, 3.8) is 0 Å². The zero-order chi connectivity index (χ0) is 24.9. The number of alkyl halides is 3. The van der Waals surface area contributed by atoms with Crippen LogP contribution < -0.4 is 5.73 Å². The second-order valence-electron chi connectivity index (χ2n) is 9.00. The second kappa shape index (κ2) is 8.51. The lowest BCUT2D eigenvalue weighted by Gasteiger charge is -2.38. The predicted molar refractivity (Wildman–Crippen MR) is 120 cm³/mol. The van der Waals surface area contributed by atoms with E-state index in [2.05, 4.69) is 15.1 Å². The highest BCUT2D eigenvalue weighted by atomic mass is 19.4. The monoisotopic (exact) mass is 487 g/mol. The Morgan fingerprint density at radius 1 is 1.17 bits per heavy atom. The van der Waals surface area contributed by atoms with E-state index >= 15 is 0 Å². The minimum Gasteiger partial charge on any atom is -0.384 e. The summed E-state index contributed by atoms with van der Waals surface area (Å²) >= 11 is 0. The van der Waals surface area contributed by atoms with E-state index in [0.29, 0.717) is 42.0 Å². The first-order chi connectivity index (χ1) is 16.6. The summed E-state index contributed by atoms with van der Waals surface area (Å²) in [7, 11) is 0. The third-order valence-corrected chi connectivity index (χ3v) is 6.70. The van der Waals surface area contributed by atoms with E-state index in [1.165, 1.54) is 16.9 Å². The van der Waals surface area contributed by atoms with Gasteiger partial charge in [0, 0.05) is 54.6 Å². The predicted octanol–water partition coefficient (Wildman–Crippen LogP) is 2.51. The number of likely N-dealkylation sites (tertiary alicyclic amines) is 2. The number of amides is 2. The number of halogens is 3. The van der Waals surface area contributed by atoms with Crippen LogP contribution in [-0.4, -0.2) is 73.2 Å². The van der Waals surface area contributed by atoms with Gasteiger partial charge in [0.1, 0.15) is 18.4 Å². The lowest BCUT2D eigenvalue weighted by molar-refractivity contribution is -0.183. The number of anilines is 1. The first kappa shape index (κ1) is 23.1. The van der Waals surface area contributed by atoms with Crippen LogP contribution in [0.15, 0.2) is 30.6 Å². The van der Waals surface area contributed by atoms with Crippen LogP contribution >= 0.6 is 0 Å². The Morgan fingerprint density at radius 2 is 1.91 bits per heavy atom. The molecule has 5 heterocycles. The van der Waals surface area contributed by atoms with E-state index in [0.717, 1.165) is 10.3 Å². The normalized spacial score (nSPS) is 18.8. The molecule has 2 saturated heterocycles. The van der Waals surface area contributed by atoms with Gasteiger partial charge >= 0.3 is 6.18 Å². The van der Waals surface area contributed by atoms with Crippen LogP contribution in [0, 0.1) is 6.92 Å². The van der Waals surface area contributed by atoms with Crippen molar-refractivity contribution in [2.24, 2.45) is 0 Å². The zero-order valence-corrected chi connectivity index (χ0v) is 19.0. The number of pyridine rings is 2. The number of nitrogens with two attached hydrogens (primary N) is 1. The number of nitrogen functional groups attached to an aromatic ring is 1. The SMILES string of the molecule is Cc1nccc2c1c(C1CN(C(=O)c3ccnc(N)c3)C1)nn2CC(=O)N1CCC[C@H]1C(F)(F)F. The Balaban J connectivity index is 1.37. The summed E-state index contributed by atoms with van der Waals surface area (Å²) in [4.78, 5) is 36.4. The molecule has 184 valence electrons. The smallest absolute Gasteiger partial charge is 0.384 e. The molecule has 9 nitrogen and oxygen atoms in total. The summed E-state index contributed by atoms with van der Waals surface area (Å²) in [5, 5.41) is 5.39. The summed E-state index contributed by atoms with van der Waals surface area (Å²) < 4.78 is 41.5. The molecule has 2 N–H and O–H groups in total. The standard InChI is InChI=1S/C23H24F3N7O2/c1-13-20-16(5-7-28-13)33(12-19(34)32-8-2-3-17(32)23(24,25)26)30-21(20)15-10-31(11-15)22(35)14-4-6-29-18(27)9-14/h4-7,9,15,17H,2-3,8,10-12H2,1H3,(H2,27,29)/t17-/m0/s1. The molecule has 2 aliphatic heterocycles. The molecule has 35 heavy (non-hydrogen) atoms. The average molecular weight is 487 g/mol. The highest BCUT2D eigenvalue weighted by molar-refractivity contribution is 5.95. The minimum absolute atomic E-state index is 0.0782. The molecule has 0 spiro atoms. The largest absolute Gasteiger partial charge is 0.408 e. The number of aryl methyl sites for hydroxylation is 1. The molecule has 0 saturated carbocycles. The molecule has 0 bridgehead atoms. The molecular formula is C23H24F3N7O2. The van der Waals surface area contributed by atoms with Crippen LogP contribution in [-0.2, 0) is 11.3 Å². The molecule has 0 aliphatic carbocycles. The molecule has 0 unspecified atom stereocenters. The first-order valence-electron chi connectivity index (χ1n) is 11.3. The lowest BCUT2D eigenvalue weighted by atomic mass is 9.93.